The zero-order valence-electron chi connectivity index (χ0n) is 14.9. The Morgan fingerprint density at radius 1 is 1.40 bits per heavy atom. The van der Waals surface area contributed by atoms with E-state index in [1.54, 1.807) is 4.90 Å². The Morgan fingerprint density at radius 2 is 2.24 bits per heavy atom. The monoisotopic (exact) mass is 344 g/mol. The number of piperidine rings is 1. The molecule has 1 aliphatic heterocycles. The molecule has 1 amide bonds. The quantitative estimate of drug-likeness (QED) is 0.917. The molecule has 1 aliphatic rings. The topological polar surface area (TPSA) is 80.5 Å². The molecule has 134 valence electrons. The first-order valence-electron chi connectivity index (χ1n) is 8.52. The van der Waals surface area contributed by atoms with Crippen molar-refractivity contribution in [2.45, 2.75) is 45.3 Å². The van der Waals surface area contributed by atoms with Gasteiger partial charge in [-0.1, -0.05) is 6.07 Å². The predicted octanol–water partition coefficient (Wildman–Crippen LogP) is 3.55. The molecule has 1 aromatic carbocycles. The first-order valence-corrected chi connectivity index (χ1v) is 8.52. The van der Waals surface area contributed by atoms with Crippen LogP contribution in [0.3, 0.4) is 0 Å². The highest BCUT2D eigenvalue weighted by Gasteiger charge is 2.27. The Labute approximate surface area is 147 Å². The van der Waals surface area contributed by atoms with Crippen LogP contribution in [0.2, 0.25) is 0 Å². The third-order valence-electron chi connectivity index (χ3n) is 3.91. The maximum Gasteiger partial charge on any atom is 0.410 e. The van der Waals surface area contributed by atoms with Crippen LogP contribution in [-0.2, 0) is 4.74 Å². The van der Waals surface area contributed by atoms with Crippen molar-refractivity contribution in [3.05, 3.63) is 30.7 Å². The highest BCUT2D eigenvalue weighted by molar-refractivity contribution is 5.68. The number of benzene rings is 1. The molecule has 7 heteroatoms. The van der Waals surface area contributed by atoms with E-state index in [0.29, 0.717) is 12.4 Å². The van der Waals surface area contributed by atoms with Crippen molar-refractivity contribution in [2.75, 3.05) is 18.4 Å². The lowest BCUT2D eigenvalue weighted by Gasteiger charge is -2.34. The molecule has 2 heterocycles. The van der Waals surface area contributed by atoms with Gasteiger partial charge in [0.05, 0.1) is 0 Å². The first-order chi connectivity index (χ1) is 11.9. The smallest absolute Gasteiger partial charge is 0.410 e. The number of carbonyl (C=O) groups is 1. The molecule has 1 unspecified atom stereocenters. The summed E-state index contributed by atoms with van der Waals surface area (Å²) in [7, 11) is 0. The van der Waals surface area contributed by atoms with Crippen LogP contribution >= 0.6 is 0 Å². The van der Waals surface area contributed by atoms with Crippen LogP contribution in [0, 0.1) is 0 Å². The number of carbonyl (C=O) groups excluding carboxylic acids is 1. The van der Waals surface area contributed by atoms with E-state index in [9.17, 15) is 4.79 Å². The summed E-state index contributed by atoms with van der Waals surface area (Å²) >= 11 is 0. The standard InChI is InChI=1S/C18H24N4O3/c1-18(2,3)25-17(23)22-9-5-8-15(11-22)20-14-7-4-6-13(10-14)16-21-19-12-24-16/h4,6-7,10,12,15,20H,5,8-9,11H2,1-3H3. The van der Waals surface area contributed by atoms with E-state index in [-0.39, 0.29) is 12.1 Å². The van der Waals surface area contributed by atoms with Gasteiger partial charge < -0.3 is 19.4 Å². The van der Waals surface area contributed by atoms with E-state index in [2.05, 4.69) is 15.5 Å². The van der Waals surface area contributed by atoms with E-state index >= 15 is 0 Å². The maximum absolute atomic E-state index is 12.3. The number of amides is 1. The summed E-state index contributed by atoms with van der Waals surface area (Å²) in [4.78, 5) is 14.0. The highest BCUT2D eigenvalue weighted by Crippen LogP contribution is 2.23. The first kappa shape index (κ1) is 17.3. The third kappa shape index (κ3) is 4.71. The fourth-order valence-electron chi connectivity index (χ4n) is 2.86. The van der Waals surface area contributed by atoms with Gasteiger partial charge in [0.15, 0.2) is 0 Å². The van der Waals surface area contributed by atoms with E-state index in [4.69, 9.17) is 9.15 Å². The van der Waals surface area contributed by atoms with Crippen molar-refractivity contribution in [3.8, 4) is 11.5 Å². The minimum absolute atomic E-state index is 0.180. The average molecular weight is 344 g/mol. The van der Waals surface area contributed by atoms with Gasteiger partial charge in [-0.15, -0.1) is 10.2 Å². The lowest BCUT2D eigenvalue weighted by Crippen LogP contribution is -2.46. The minimum Gasteiger partial charge on any atom is -0.444 e. The molecule has 0 bridgehead atoms. The second-order valence-electron chi connectivity index (χ2n) is 7.23. The van der Waals surface area contributed by atoms with Crippen LogP contribution in [0.5, 0.6) is 0 Å². The zero-order valence-corrected chi connectivity index (χ0v) is 14.9. The Balaban J connectivity index is 1.63. The third-order valence-corrected chi connectivity index (χ3v) is 3.91. The molecule has 25 heavy (non-hydrogen) atoms. The van der Waals surface area contributed by atoms with Crippen molar-refractivity contribution in [2.24, 2.45) is 0 Å². The van der Waals surface area contributed by atoms with Gasteiger partial charge in [0.25, 0.3) is 0 Å². The lowest BCUT2D eigenvalue weighted by molar-refractivity contribution is 0.0206. The normalized spacial score (nSPS) is 18.0. The van der Waals surface area contributed by atoms with Crippen molar-refractivity contribution >= 4 is 11.8 Å². The van der Waals surface area contributed by atoms with Gasteiger partial charge in [0.1, 0.15) is 5.60 Å². The van der Waals surface area contributed by atoms with E-state index in [0.717, 1.165) is 30.6 Å². The summed E-state index contributed by atoms with van der Waals surface area (Å²) in [5.74, 6) is 0.489. The van der Waals surface area contributed by atoms with Crippen LogP contribution in [0.4, 0.5) is 10.5 Å². The Kier molecular flexibility index (Phi) is 4.92. The summed E-state index contributed by atoms with van der Waals surface area (Å²) in [5, 5.41) is 11.1. The lowest BCUT2D eigenvalue weighted by atomic mass is 10.1. The molecule has 0 radical (unpaired) electrons. The molecule has 0 saturated carbocycles. The van der Waals surface area contributed by atoms with Crippen LogP contribution in [-0.4, -0.2) is 45.9 Å². The number of aromatic nitrogens is 2. The van der Waals surface area contributed by atoms with Gasteiger partial charge in [0.2, 0.25) is 12.3 Å². The second kappa shape index (κ2) is 7.13. The molecule has 1 aromatic heterocycles. The van der Waals surface area contributed by atoms with Gasteiger partial charge in [-0.05, 0) is 51.8 Å². The molecule has 1 atom stereocenters. The maximum atomic E-state index is 12.3. The summed E-state index contributed by atoms with van der Waals surface area (Å²) < 4.78 is 10.7. The van der Waals surface area contributed by atoms with E-state index in [1.807, 2.05) is 45.0 Å². The number of nitrogens with one attached hydrogen (secondary N) is 1. The van der Waals surface area contributed by atoms with Gasteiger partial charge in [-0.3, -0.25) is 0 Å². The zero-order chi connectivity index (χ0) is 17.9. The number of hydrogen-bond acceptors (Lipinski definition) is 6. The SMILES string of the molecule is CC(C)(C)OC(=O)N1CCCC(Nc2cccc(-c3nnco3)c2)C1. The molecule has 0 aliphatic carbocycles. The number of ether oxygens (including phenoxy) is 1. The van der Waals surface area contributed by atoms with Gasteiger partial charge >= 0.3 is 6.09 Å². The number of nitrogens with zero attached hydrogens (tertiary/aromatic N) is 3. The number of hydrogen-bond donors (Lipinski definition) is 1. The van der Waals surface area contributed by atoms with Crippen LogP contribution < -0.4 is 5.32 Å². The molecule has 1 fully saturated rings. The molecule has 0 spiro atoms. The van der Waals surface area contributed by atoms with Gasteiger partial charge in [-0.2, -0.15) is 0 Å². The summed E-state index contributed by atoms with van der Waals surface area (Å²) in [6, 6.07) is 8.01. The van der Waals surface area contributed by atoms with Gasteiger partial charge in [-0.25, -0.2) is 4.79 Å². The summed E-state index contributed by atoms with van der Waals surface area (Å²) in [6.07, 6.45) is 3.01. The number of likely N-dealkylation sites (tertiary alicyclic amines) is 1. The van der Waals surface area contributed by atoms with E-state index < -0.39 is 5.60 Å². The largest absolute Gasteiger partial charge is 0.444 e. The molecular weight excluding hydrogens is 320 g/mol. The fraction of sp³-hybridized carbons (Fsp3) is 0.500. The average Bonchev–Trinajstić information content (AvgIpc) is 3.08. The summed E-state index contributed by atoms with van der Waals surface area (Å²) in [6.45, 7) is 7.00. The van der Waals surface area contributed by atoms with Crippen molar-refractivity contribution in [1.82, 2.24) is 15.1 Å². The molecule has 3 rings (SSSR count). The molecular formula is C18H24N4O3. The fourth-order valence-corrected chi connectivity index (χ4v) is 2.86. The predicted molar refractivity (Wildman–Crippen MR) is 94.2 cm³/mol. The van der Waals surface area contributed by atoms with Gasteiger partial charge in [0, 0.05) is 30.4 Å². The van der Waals surface area contributed by atoms with Crippen molar-refractivity contribution in [1.29, 1.82) is 0 Å². The number of rotatable bonds is 3. The highest BCUT2D eigenvalue weighted by atomic mass is 16.6. The number of anilines is 1. The molecule has 7 nitrogen and oxygen atoms in total. The molecule has 2 aromatic rings. The minimum atomic E-state index is -0.476. The summed E-state index contributed by atoms with van der Waals surface area (Å²) in [5.41, 5.74) is 1.35. The Hall–Kier alpha value is -2.57. The van der Waals surface area contributed by atoms with Crippen LogP contribution in [0.25, 0.3) is 11.5 Å². The molecule has 1 N–H and O–H groups in total. The molecule has 1 saturated heterocycles. The Morgan fingerprint density at radius 3 is 2.96 bits per heavy atom. The van der Waals surface area contributed by atoms with Crippen molar-refractivity contribution < 1.29 is 13.9 Å². The second-order valence-corrected chi connectivity index (χ2v) is 7.23. The van der Waals surface area contributed by atoms with E-state index in [1.165, 1.54) is 6.39 Å². The Bertz CT molecular complexity index is 709. The van der Waals surface area contributed by atoms with Crippen LogP contribution in [0.1, 0.15) is 33.6 Å². The van der Waals surface area contributed by atoms with Crippen molar-refractivity contribution in [3.63, 3.8) is 0 Å². The van der Waals surface area contributed by atoms with Crippen LogP contribution in [0.15, 0.2) is 35.1 Å².